The summed E-state index contributed by atoms with van der Waals surface area (Å²) in [6, 6.07) is 15.2. The number of fused-ring (bicyclic) bond motifs is 1. The molecule has 2 N–H and O–H groups in total. The quantitative estimate of drug-likeness (QED) is 0.928. The summed E-state index contributed by atoms with van der Waals surface area (Å²) >= 11 is 5.88. The Morgan fingerprint density at radius 2 is 1.83 bits per heavy atom. The Bertz CT molecular complexity index is 758. The normalized spacial score (nSPS) is 16.5. The number of hydrogen-bond acceptors (Lipinski definition) is 2. The molecule has 1 unspecified atom stereocenters. The van der Waals surface area contributed by atoms with Crippen LogP contribution in [0.1, 0.15) is 17.5 Å². The molecule has 1 heterocycles. The van der Waals surface area contributed by atoms with Gasteiger partial charge in [0.1, 0.15) is 0 Å². The molecule has 1 atom stereocenters. The van der Waals surface area contributed by atoms with Crippen LogP contribution in [0.2, 0.25) is 5.02 Å². The Balaban J connectivity index is 1.75. The van der Waals surface area contributed by atoms with Crippen LogP contribution in [0.25, 0.3) is 0 Å². The van der Waals surface area contributed by atoms with E-state index in [-0.39, 0.29) is 17.7 Å². The molecule has 0 saturated carbocycles. The molecule has 2 aromatic carbocycles. The SMILES string of the molecule is NC(=O)C1Cc2ccccc2N(C(=O)CCc2ccc(Cl)cc2)C1. The lowest BCUT2D eigenvalue weighted by molar-refractivity contribution is -0.122. The van der Waals surface area contributed by atoms with E-state index in [1.165, 1.54) is 0 Å². The van der Waals surface area contributed by atoms with Crippen LogP contribution in [0.4, 0.5) is 5.69 Å². The van der Waals surface area contributed by atoms with Crippen LogP contribution in [0.3, 0.4) is 0 Å². The Morgan fingerprint density at radius 1 is 1.12 bits per heavy atom. The Labute approximate surface area is 146 Å². The first kappa shape index (κ1) is 16.5. The lowest BCUT2D eigenvalue weighted by Gasteiger charge is -2.33. The average molecular weight is 343 g/mol. The molecule has 2 amide bonds. The molecule has 0 radical (unpaired) electrons. The molecule has 4 nitrogen and oxygen atoms in total. The summed E-state index contributed by atoms with van der Waals surface area (Å²) in [7, 11) is 0. The number of benzene rings is 2. The third kappa shape index (κ3) is 3.60. The van der Waals surface area contributed by atoms with Crippen molar-refractivity contribution in [1.82, 2.24) is 0 Å². The van der Waals surface area contributed by atoms with E-state index in [0.29, 0.717) is 30.8 Å². The van der Waals surface area contributed by atoms with Gasteiger partial charge >= 0.3 is 0 Å². The molecule has 0 bridgehead atoms. The van der Waals surface area contributed by atoms with E-state index in [0.717, 1.165) is 16.8 Å². The minimum Gasteiger partial charge on any atom is -0.369 e. The summed E-state index contributed by atoms with van der Waals surface area (Å²) in [4.78, 5) is 26.0. The van der Waals surface area contributed by atoms with Gasteiger partial charge in [-0.3, -0.25) is 9.59 Å². The minimum atomic E-state index is -0.361. The summed E-state index contributed by atoms with van der Waals surface area (Å²) in [5.74, 6) is -0.692. The van der Waals surface area contributed by atoms with E-state index < -0.39 is 0 Å². The van der Waals surface area contributed by atoms with Crippen molar-refractivity contribution >= 4 is 29.1 Å². The predicted octanol–water partition coefficient (Wildman–Crippen LogP) is 2.96. The maximum Gasteiger partial charge on any atom is 0.227 e. The van der Waals surface area contributed by atoms with E-state index >= 15 is 0 Å². The summed E-state index contributed by atoms with van der Waals surface area (Å²) < 4.78 is 0. The van der Waals surface area contributed by atoms with Crippen LogP contribution >= 0.6 is 11.6 Å². The highest BCUT2D eigenvalue weighted by molar-refractivity contribution is 6.30. The number of amides is 2. The van der Waals surface area contributed by atoms with E-state index in [4.69, 9.17) is 17.3 Å². The van der Waals surface area contributed by atoms with Crippen molar-refractivity contribution in [2.75, 3.05) is 11.4 Å². The summed E-state index contributed by atoms with van der Waals surface area (Å²) in [6.07, 6.45) is 1.60. The van der Waals surface area contributed by atoms with Gasteiger partial charge < -0.3 is 10.6 Å². The number of hydrogen-bond donors (Lipinski definition) is 1. The highest BCUT2D eigenvalue weighted by atomic mass is 35.5. The molecule has 0 saturated heterocycles. The molecule has 0 aliphatic carbocycles. The number of carbonyl (C=O) groups excluding carboxylic acids is 2. The molecule has 2 aromatic rings. The highest BCUT2D eigenvalue weighted by Gasteiger charge is 2.30. The third-order valence-corrected chi connectivity index (χ3v) is 4.65. The van der Waals surface area contributed by atoms with E-state index in [1.807, 2.05) is 48.5 Å². The van der Waals surface area contributed by atoms with Gasteiger partial charge in [-0.2, -0.15) is 0 Å². The molecule has 1 aliphatic rings. The highest BCUT2D eigenvalue weighted by Crippen LogP contribution is 2.30. The van der Waals surface area contributed by atoms with Gasteiger partial charge in [0.25, 0.3) is 0 Å². The van der Waals surface area contributed by atoms with Crippen LogP contribution < -0.4 is 10.6 Å². The number of anilines is 1. The van der Waals surface area contributed by atoms with Crippen LogP contribution in [-0.4, -0.2) is 18.4 Å². The van der Waals surface area contributed by atoms with Crippen molar-refractivity contribution in [1.29, 1.82) is 0 Å². The van der Waals surface area contributed by atoms with Crippen molar-refractivity contribution in [3.63, 3.8) is 0 Å². The largest absolute Gasteiger partial charge is 0.369 e. The fourth-order valence-electron chi connectivity index (χ4n) is 3.06. The molecular weight excluding hydrogens is 324 g/mol. The summed E-state index contributed by atoms with van der Waals surface area (Å²) in [5, 5.41) is 0.680. The Kier molecular flexibility index (Phi) is 4.86. The van der Waals surface area contributed by atoms with Crippen molar-refractivity contribution in [3.05, 3.63) is 64.7 Å². The number of nitrogens with zero attached hydrogens (tertiary/aromatic N) is 1. The molecule has 24 heavy (non-hydrogen) atoms. The lowest BCUT2D eigenvalue weighted by atomic mass is 9.91. The van der Waals surface area contributed by atoms with Crippen molar-refractivity contribution in [3.8, 4) is 0 Å². The van der Waals surface area contributed by atoms with Crippen LogP contribution in [-0.2, 0) is 22.4 Å². The monoisotopic (exact) mass is 342 g/mol. The van der Waals surface area contributed by atoms with E-state index in [1.54, 1.807) is 4.90 Å². The first-order valence-corrected chi connectivity index (χ1v) is 8.34. The summed E-state index contributed by atoms with van der Waals surface area (Å²) in [5.41, 5.74) is 8.41. The topological polar surface area (TPSA) is 63.4 Å². The average Bonchev–Trinajstić information content (AvgIpc) is 2.60. The maximum atomic E-state index is 12.7. The van der Waals surface area contributed by atoms with Gasteiger partial charge in [-0.15, -0.1) is 0 Å². The second-order valence-corrected chi connectivity index (χ2v) is 6.50. The third-order valence-electron chi connectivity index (χ3n) is 4.40. The lowest BCUT2D eigenvalue weighted by Crippen LogP contribution is -2.44. The number of nitrogens with two attached hydrogens (primary N) is 1. The zero-order valence-electron chi connectivity index (χ0n) is 13.2. The van der Waals surface area contributed by atoms with Gasteiger partial charge in [0.15, 0.2) is 0 Å². The van der Waals surface area contributed by atoms with Crippen LogP contribution in [0, 0.1) is 5.92 Å². The van der Waals surface area contributed by atoms with Crippen LogP contribution in [0.15, 0.2) is 48.5 Å². The number of carbonyl (C=O) groups is 2. The molecule has 3 rings (SSSR count). The number of halogens is 1. The minimum absolute atomic E-state index is 0.00310. The maximum absolute atomic E-state index is 12.7. The van der Waals surface area contributed by atoms with Gasteiger partial charge in [0.05, 0.1) is 5.92 Å². The standard InChI is InChI=1S/C19H19ClN2O2/c20-16-8-5-13(6-9-16)7-10-18(23)22-12-15(19(21)24)11-14-3-1-2-4-17(14)22/h1-6,8-9,15H,7,10-12H2,(H2,21,24). The van der Waals surface area contributed by atoms with Crippen molar-refractivity contribution in [2.45, 2.75) is 19.3 Å². The molecular formula is C19H19ClN2O2. The number of aryl methyl sites for hydroxylation is 1. The molecule has 5 heteroatoms. The second kappa shape index (κ2) is 7.05. The number of para-hydroxylation sites is 1. The first-order valence-electron chi connectivity index (χ1n) is 7.96. The van der Waals surface area contributed by atoms with Gasteiger partial charge in [-0.25, -0.2) is 0 Å². The zero-order valence-corrected chi connectivity index (χ0v) is 14.0. The van der Waals surface area contributed by atoms with E-state index in [2.05, 4.69) is 0 Å². The molecule has 124 valence electrons. The van der Waals surface area contributed by atoms with Gasteiger partial charge in [0.2, 0.25) is 11.8 Å². The van der Waals surface area contributed by atoms with Gasteiger partial charge in [-0.05, 0) is 42.2 Å². The number of primary amides is 1. The van der Waals surface area contributed by atoms with Gasteiger partial charge in [0, 0.05) is 23.7 Å². The van der Waals surface area contributed by atoms with Crippen molar-refractivity contribution < 1.29 is 9.59 Å². The van der Waals surface area contributed by atoms with Crippen LogP contribution in [0.5, 0.6) is 0 Å². The predicted molar refractivity (Wildman–Crippen MR) is 95.0 cm³/mol. The first-order chi connectivity index (χ1) is 11.5. The Hall–Kier alpha value is -2.33. The van der Waals surface area contributed by atoms with Gasteiger partial charge in [-0.1, -0.05) is 41.9 Å². The zero-order chi connectivity index (χ0) is 17.1. The molecule has 1 aliphatic heterocycles. The molecule has 0 aromatic heterocycles. The molecule has 0 spiro atoms. The molecule has 0 fully saturated rings. The smallest absolute Gasteiger partial charge is 0.227 e. The Morgan fingerprint density at radius 3 is 2.54 bits per heavy atom. The summed E-state index contributed by atoms with van der Waals surface area (Å²) in [6.45, 7) is 0.353. The van der Waals surface area contributed by atoms with Crippen molar-refractivity contribution in [2.24, 2.45) is 11.7 Å². The fraction of sp³-hybridized carbons (Fsp3) is 0.263. The second-order valence-electron chi connectivity index (χ2n) is 6.06. The fourth-order valence-corrected chi connectivity index (χ4v) is 3.19. The van der Waals surface area contributed by atoms with E-state index in [9.17, 15) is 9.59 Å². The number of rotatable bonds is 4.